The molecule has 0 unspecified atom stereocenters. The third kappa shape index (κ3) is 3.77. The maximum atomic E-state index is 5.40. The summed E-state index contributed by atoms with van der Waals surface area (Å²) in [6.45, 7) is 2.85. The van der Waals surface area contributed by atoms with Gasteiger partial charge in [-0.05, 0) is 19.1 Å². The molecule has 2 aromatic carbocycles. The molecule has 0 saturated heterocycles. The standard InChI is InChI=1S/C20H19N5O2S/c1-3-25-19(14-8-5-4-6-9-14)22-23-20(25)28-13-17-21-18(24-27-17)15-10-7-11-16(12-15)26-2/h4-12H,3,13H2,1-2H3. The summed E-state index contributed by atoms with van der Waals surface area (Å²) >= 11 is 1.52. The lowest BCUT2D eigenvalue weighted by Crippen LogP contribution is -1.99. The van der Waals surface area contributed by atoms with Crippen molar-refractivity contribution in [2.24, 2.45) is 0 Å². The van der Waals surface area contributed by atoms with Gasteiger partial charge in [0.25, 0.3) is 0 Å². The van der Waals surface area contributed by atoms with Crippen molar-refractivity contribution in [3.8, 4) is 28.5 Å². The minimum absolute atomic E-state index is 0.518. The molecule has 142 valence electrons. The molecular weight excluding hydrogens is 374 g/mol. The lowest BCUT2D eigenvalue weighted by atomic mass is 10.2. The van der Waals surface area contributed by atoms with Crippen molar-refractivity contribution in [1.82, 2.24) is 24.9 Å². The van der Waals surface area contributed by atoms with E-state index in [1.165, 1.54) is 11.8 Å². The van der Waals surface area contributed by atoms with E-state index in [1.807, 2.05) is 54.6 Å². The Morgan fingerprint density at radius 2 is 1.86 bits per heavy atom. The van der Waals surface area contributed by atoms with Crippen LogP contribution < -0.4 is 4.74 Å². The van der Waals surface area contributed by atoms with Crippen LogP contribution in [0.15, 0.2) is 64.3 Å². The van der Waals surface area contributed by atoms with Crippen molar-refractivity contribution in [2.45, 2.75) is 24.4 Å². The van der Waals surface area contributed by atoms with E-state index < -0.39 is 0 Å². The highest BCUT2D eigenvalue weighted by atomic mass is 32.2. The van der Waals surface area contributed by atoms with Crippen LogP contribution >= 0.6 is 11.8 Å². The van der Waals surface area contributed by atoms with Gasteiger partial charge in [0.2, 0.25) is 11.7 Å². The molecule has 0 atom stereocenters. The molecule has 0 N–H and O–H groups in total. The Balaban J connectivity index is 1.50. The van der Waals surface area contributed by atoms with Crippen molar-refractivity contribution in [2.75, 3.05) is 7.11 Å². The Labute approximate surface area is 166 Å². The normalized spacial score (nSPS) is 10.9. The smallest absolute Gasteiger partial charge is 0.237 e. The third-order valence-corrected chi connectivity index (χ3v) is 5.14. The minimum Gasteiger partial charge on any atom is -0.497 e. The van der Waals surface area contributed by atoms with Gasteiger partial charge < -0.3 is 13.8 Å². The lowest BCUT2D eigenvalue weighted by molar-refractivity contribution is 0.391. The van der Waals surface area contributed by atoms with E-state index in [4.69, 9.17) is 9.26 Å². The molecule has 7 nitrogen and oxygen atoms in total. The lowest BCUT2D eigenvalue weighted by Gasteiger charge is -2.06. The van der Waals surface area contributed by atoms with Gasteiger partial charge in [-0.2, -0.15) is 4.98 Å². The topological polar surface area (TPSA) is 78.9 Å². The van der Waals surface area contributed by atoms with E-state index in [0.717, 1.165) is 34.4 Å². The molecule has 8 heteroatoms. The number of aromatic nitrogens is 5. The van der Waals surface area contributed by atoms with Gasteiger partial charge in [-0.3, -0.25) is 0 Å². The van der Waals surface area contributed by atoms with Crippen LogP contribution in [0, 0.1) is 0 Å². The van der Waals surface area contributed by atoms with E-state index in [0.29, 0.717) is 17.5 Å². The second-order valence-electron chi connectivity index (χ2n) is 5.95. The highest BCUT2D eigenvalue weighted by molar-refractivity contribution is 7.98. The highest BCUT2D eigenvalue weighted by Gasteiger charge is 2.15. The van der Waals surface area contributed by atoms with Crippen molar-refractivity contribution in [1.29, 1.82) is 0 Å². The number of ether oxygens (including phenoxy) is 1. The van der Waals surface area contributed by atoms with Crippen LogP contribution in [0.5, 0.6) is 5.75 Å². The minimum atomic E-state index is 0.518. The average molecular weight is 393 g/mol. The van der Waals surface area contributed by atoms with E-state index in [2.05, 4.69) is 31.8 Å². The van der Waals surface area contributed by atoms with E-state index in [9.17, 15) is 0 Å². The highest BCUT2D eigenvalue weighted by Crippen LogP contribution is 2.27. The SMILES string of the molecule is CCn1c(SCc2nc(-c3cccc(OC)c3)no2)nnc1-c1ccccc1. The Hall–Kier alpha value is -3.13. The first-order valence-corrected chi connectivity index (χ1v) is 9.85. The Morgan fingerprint density at radius 1 is 1.04 bits per heavy atom. The molecule has 0 bridgehead atoms. The molecule has 2 heterocycles. The van der Waals surface area contributed by atoms with Crippen LogP contribution in [0.4, 0.5) is 0 Å². The van der Waals surface area contributed by atoms with Gasteiger partial charge in [0.1, 0.15) is 5.75 Å². The first kappa shape index (κ1) is 18.2. The number of methoxy groups -OCH3 is 1. The van der Waals surface area contributed by atoms with Crippen LogP contribution in [0.25, 0.3) is 22.8 Å². The zero-order chi connectivity index (χ0) is 19.3. The van der Waals surface area contributed by atoms with Crippen LogP contribution in [0.1, 0.15) is 12.8 Å². The van der Waals surface area contributed by atoms with Gasteiger partial charge >= 0.3 is 0 Å². The molecule has 4 rings (SSSR count). The van der Waals surface area contributed by atoms with E-state index in [-0.39, 0.29) is 0 Å². The molecule has 2 aromatic heterocycles. The fraction of sp³-hybridized carbons (Fsp3) is 0.200. The van der Waals surface area contributed by atoms with Gasteiger partial charge in [-0.15, -0.1) is 10.2 Å². The number of thioether (sulfide) groups is 1. The van der Waals surface area contributed by atoms with Gasteiger partial charge in [0.05, 0.1) is 12.9 Å². The van der Waals surface area contributed by atoms with Crippen molar-refractivity contribution >= 4 is 11.8 Å². The number of rotatable bonds is 7. The zero-order valence-corrected chi connectivity index (χ0v) is 16.4. The molecule has 0 aliphatic carbocycles. The average Bonchev–Trinajstić information content (AvgIpc) is 3.39. The van der Waals surface area contributed by atoms with Gasteiger partial charge in [0.15, 0.2) is 11.0 Å². The third-order valence-electron chi connectivity index (χ3n) is 4.19. The zero-order valence-electron chi connectivity index (χ0n) is 15.6. The first-order chi connectivity index (χ1) is 13.8. The fourth-order valence-electron chi connectivity index (χ4n) is 2.80. The molecule has 0 aliphatic heterocycles. The van der Waals surface area contributed by atoms with Gasteiger partial charge in [-0.25, -0.2) is 0 Å². The monoisotopic (exact) mass is 393 g/mol. The number of benzene rings is 2. The first-order valence-electron chi connectivity index (χ1n) is 8.87. The summed E-state index contributed by atoms with van der Waals surface area (Å²) in [5.41, 5.74) is 1.89. The predicted octanol–water partition coefficient (Wildman–Crippen LogP) is 4.32. The molecule has 0 fully saturated rings. The largest absolute Gasteiger partial charge is 0.497 e. The number of hydrogen-bond donors (Lipinski definition) is 0. The van der Waals surface area contributed by atoms with Crippen molar-refractivity contribution in [3.05, 3.63) is 60.5 Å². The number of nitrogens with zero attached hydrogens (tertiary/aromatic N) is 5. The second-order valence-corrected chi connectivity index (χ2v) is 6.89. The molecule has 0 saturated carbocycles. The summed E-state index contributed by atoms with van der Waals surface area (Å²) < 4.78 is 12.7. The molecule has 0 radical (unpaired) electrons. The summed E-state index contributed by atoms with van der Waals surface area (Å²) in [6, 6.07) is 17.6. The summed E-state index contributed by atoms with van der Waals surface area (Å²) in [6.07, 6.45) is 0. The van der Waals surface area contributed by atoms with Crippen LogP contribution in [-0.4, -0.2) is 32.0 Å². The molecular formula is C20H19N5O2S. The van der Waals surface area contributed by atoms with E-state index >= 15 is 0 Å². The molecule has 0 spiro atoms. The number of hydrogen-bond acceptors (Lipinski definition) is 7. The van der Waals surface area contributed by atoms with Crippen molar-refractivity contribution < 1.29 is 9.26 Å². The summed E-state index contributed by atoms with van der Waals surface area (Å²) in [5, 5.41) is 13.6. The summed E-state index contributed by atoms with van der Waals surface area (Å²) in [4.78, 5) is 4.48. The van der Waals surface area contributed by atoms with Gasteiger partial charge in [-0.1, -0.05) is 59.4 Å². The maximum Gasteiger partial charge on any atom is 0.237 e. The predicted molar refractivity (Wildman–Crippen MR) is 107 cm³/mol. The molecule has 0 aliphatic rings. The van der Waals surface area contributed by atoms with Crippen molar-refractivity contribution in [3.63, 3.8) is 0 Å². The molecule has 0 amide bonds. The molecule has 28 heavy (non-hydrogen) atoms. The second kappa shape index (κ2) is 8.26. The Morgan fingerprint density at radius 3 is 2.64 bits per heavy atom. The fourth-order valence-corrected chi connectivity index (χ4v) is 3.64. The summed E-state index contributed by atoms with van der Waals surface area (Å²) in [5.74, 6) is 3.20. The molecule has 4 aromatic rings. The Bertz CT molecular complexity index is 1060. The maximum absolute atomic E-state index is 5.40. The van der Waals surface area contributed by atoms with Gasteiger partial charge in [0, 0.05) is 17.7 Å². The quantitative estimate of drug-likeness (QED) is 0.433. The van der Waals surface area contributed by atoms with Crippen LogP contribution in [0.2, 0.25) is 0 Å². The van der Waals surface area contributed by atoms with Crippen LogP contribution in [0.3, 0.4) is 0 Å². The summed E-state index contributed by atoms with van der Waals surface area (Å²) in [7, 11) is 1.63. The van der Waals surface area contributed by atoms with Crippen LogP contribution in [-0.2, 0) is 12.3 Å². The van der Waals surface area contributed by atoms with E-state index in [1.54, 1.807) is 7.11 Å². The Kier molecular flexibility index (Phi) is 5.38.